The number of hydrogen-bond donors (Lipinski definition) is 1. The van der Waals surface area contributed by atoms with Crippen LogP contribution in [-0.2, 0) is 16.1 Å². The summed E-state index contributed by atoms with van der Waals surface area (Å²) in [6.07, 6.45) is 3.08. The number of nitrogens with one attached hydrogen (secondary N) is 1. The van der Waals surface area contributed by atoms with Crippen molar-refractivity contribution in [2.75, 3.05) is 19.7 Å². The summed E-state index contributed by atoms with van der Waals surface area (Å²) in [5.74, 6) is -0.0240. The average molecular weight is 291 g/mol. The number of nitrogens with zero attached hydrogens (tertiary/aromatic N) is 4. The Labute approximate surface area is 121 Å². The predicted octanol–water partition coefficient (Wildman–Crippen LogP) is -0.0313. The fourth-order valence-electron chi connectivity index (χ4n) is 1.94. The number of fused-ring (bicyclic) bond motifs is 1. The Balaban J connectivity index is 2.15. The summed E-state index contributed by atoms with van der Waals surface area (Å²) < 4.78 is 6.16. The minimum Gasteiger partial charge on any atom is -0.465 e. The van der Waals surface area contributed by atoms with Gasteiger partial charge in [0.1, 0.15) is 6.33 Å². The third kappa shape index (κ3) is 3.76. The fraction of sp³-hybridized carbons (Fsp3) is 0.385. The van der Waals surface area contributed by atoms with E-state index in [4.69, 9.17) is 4.74 Å². The van der Waals surface area contributed by atoms with E-state index in [1.807, 2.05) is 0 Å². The molecule has 1 N–H and O–H groups in total. The molecule has 0 unspecified atom stereocenters. The fourth-order valence-corrected chi connectivity index (χ4v) is 1.94. The van der Waals surface area contributed by atoms with E-state index in [2.05, 4.69) is 21.6 Å². The molecule has 2 aromatic rings. The van der Waals surface area contributed by atoms with E-state index in [1.165, 1.54) is 16.9 Å². The Morgan fingerprint density at radius 3 is 3.14 bits per heavy atom. The zero-order valence-corrected chi connectivity index (χ0v) is 11.8. The van der Waals surface area contributed by atoms with Crippen molar-refractivity contribution in [3.8, 4) is 0 Å². The standard InChI is InChI=1S/C13H17N5O3/c1-3-5-17(8-12(20)21-4-2)7-10-6-11(19)18-13(16-10)14-9-15-18/h3,6,9H,1,4-5,7-8H2,2H3,(H,14,15,16). The summed E-state index contributed by atoms with van der Waals surface area (Å²) in [5, 5.41) is 2.67. The lowest BCUT2D eigenvalue weighted by Gasteiger charge is -2.18. The van der Waals surface area contributed by atoms with Crippen LogP contribution in [0, 0.1) is 0 Å². The molecule has 0 amide bonds. The quantitative estimate of drug-likeness (QED) is 0.569. The van der Waals surface area contributed by atoms with Crippen molar-refractivity contribution < 1.29 is 9.53 Å². The van der Waals surface area contributed by atoms with Crippen LogP contribution >= 0.6 is 0 Å². The third-order valence-corrected chi connectivity index (χ3v) is 2.75. The first-order valence-electron chi connectivity index (χ1n) is 6.55. The molecule has 21 heavy (non-hydrogen) atoms. The van der Waals surface area contributed by atoms with E-state index in [9.17, 15) is 9.59 Å². The molecule has 2 aromatic heterocycles. The second-order valence-corrected chi connectivity index (χ2v) is 4.37. The van der Waals surface area contributed by atoms with Gasteiger partial charge in [0, 0.05) is 19.2 Å². The van der Waals surface area contributed by atoms with Crippen LogP contribution in [-0.4, -0.2) is 50.1 Å². The molecule has 0 aliphatic rings. The van der Waals surface area contributed by atoms with Crippen LogP contribution in [0.4, 0.5) is 0 Å². The van der Waals surface area contributed by atoms with Crippen molar-refractivity contribution in [2.45, 2.75) is 13.5 Å². The van der Waals surface area contributed by atoms with Crippen LogP contribution in [0.1, 0.15) is 12.6 Å². The number of aromatic nitrogens is 4. The Hall–Kier alpha value is -2.48. The molecule has 0 spiro atoms. The molecule has 0 aromatic carbocycles. The minimum absolute atomic E-state index is 0.113. The highest BCUT2D eigenvalue weighted by molar-refractivity contribution is 5.71. The molecule has 2 rings (SSSR count). The van der Waals surface area contributed by atoms with Gasteiger partial charge in [-0.05, 0) is 6.92 Å². The molecule has 8 nitrogen and oxygen atoms in total. The van der Waals surface area contributed by atoms with Crippen LogP contribution in [0.15, 0.2) is 29.8 Å². The Bertz CT molecular complexity index is 690. The number of rotatable bonds is 7. The van der Waals surface area contributed by atoms with E-state index >= 15 is 0 Å². The van der Waals surface area contributed by atoms with E-state index in [0.717, 1.165) is 0 Å². The molecular weight excluding hydrogens is 274 g/mol. The van der Waals surface area contributed by atoms with Crippen LogP contribution in [0.25, 0.3) is 5.78 Å². The molecule has 0 fully saturated rings. The number of esters is 1. The van der Waals surface area contributed by atoms with E-state index in [1.54, 1.807) is 17.9 Å². The van der Waals surface area contributed by atoms with Gasteiger partial charge in [0.2, 0.25) is 0 Å². The van der Waals surface area contributed by atoms with E-state index in [0.29, 0.717) is 31.2 Å². The number of carbonyl (C=O) groups excluding carboxylic acids is 1. The monoisotopic (exact) mass is 291 g/mol. The normalized spacial score (nSPS) is 11.0. The molecule has 0 atom stereocenters. The predicted molar refractivity (Wildman–Crippen MR) is 75.7 cm³/mol. The van der Waals surface area contributed by atoms with Crippen molar-refractivity contribution in [2.24, 2.45) is 0 Å². The van der Waals surface area contributed by atoms with E-state index in [-0.39, 0.29) is 18.1 Å². The summed E-state index contributed by atoms with van der Waals surface area (Å²) in [6.45, 7) is 6.68. The maximum absolute atomic E-state index is 11.8. The minimum atomic E-state index is -0.322. The first-order valence-corrected chi connectivity index (χ1v) is 6.55. The SMILES string of the molecule is C=CCN(CC(=O)OCC)Cc1cc(=O)n2[nH]cnc2n1. The lowest BCUT2D eigenvalue weighted by molar-refractivity contribution is -0.144. The van der Waals surface area contributed by atoms with Crippen molar-refractivity contribution in [1.82, 2.24) is 24.5 Å². The maximum atomic E-state index is 11.8. The number of H-pyrrole nitrogens is 1. The summed E-state index contributed by atoms with van der Waals surface area (Å²) in [5.41, 5.74) is 0.292. The number of ether oxygens (including phenoxy) is 1. The van der Waals surface area contributed by atoms with Gasteiger partial charge in [-0.25, -0.2) is 9.97 Å². The second kappa shape index (κ2) is 6.80. The van der Waals surface area contributed by atoms with Gasteiger partial charge in [0.05, 0.1) is 18.8 Å². The molecule has 0 aliphatic heterocycles. The highest BCUT2D eigenvalue weighted by Gasteiger charge is 2.13. The summed E-state index contributed by atoms with van der Waals surface area (Å²) in [6, 6.07) is 1.41. The molecular formula is C13H17N5O3. The average Bonchev–Trinajstić information content (AvgIpc) is 2.88. The van der Waals surface area contributed by atoms with Crippen molar-refractivity contribution in [3.63, 3.8) is 0 Å². The van der Waals surface area contributed by atoms with E-state index < -0.39 is 0 Å². The smallest absolute Gasteiger partial charge is 0.320 e. The first-order chi connectivity index (χ1) is 10.1. The Morgan fingerprint density at radius 1 is 1.62 bits per heavy atom. The van der Waals surface area contributed by atoms with Gasteiger partial charge in [0.15, 0.2) is 0 Å². The van der Waals surface area contributed by atoms with Crippen molar-refractivity contribution in [1.29, 1.82) is 0 Å². The van der Waals surface area contributed by atoms with Crippen LogP contribution in [0.5, 0.6) is 0 Å². The van der Waals surface area contributed by atoms with Crippen LogP contribution < -0.4 is 5.56 Å². The van der Waals surface area contributed by atoms with Gasteiger partial charge in [-0.15, -0.1) is 6.58 Å². The van der Waals surface area contributed by atoms with Crippen LogP contribution in [0.2, 0.25) is 0 Å². The summed E-state index contributed by atoms with van der Waals surface area (Å²) in [7, 11) is 0. The Kier molecular flexibility index (Phi) is 4.83. The molecule has 0 radical (unpaired) electrons. The zero-order valence-electron chi connectivity index (χ0n) is 11.8. The molecule has 2 heterocycles. The van der Waals surface area contributed by atoms with Crippen molar-refractivity contribution >= 4 is 11.7 Å². The van der Waals surface area contributed by atoms with Gasteiger partial charge >= 0.3 is 5.97 Å². The Morgan fingerprint density at radius 2 is 2.43 bits per heavy atom. The zero-order chi connectivity index (χ0) is 15.2. The second-order valence-electron chi connectivity index (χ2n) is 4.37. The highest BCUT2D eigenvalue weighted by atomic mass is 16.5. The molecule has 0 saturated heterocycles. The van der Waals surface area contributed by atoms with Crippen molar-refractivity contribution in [3.05, 3.63) is 41.1 Å². The largest absolute Gasteiger partial charge is 0.465 e. The summed E-state index contributed by atoms with van der Waals surface area (Å²) >= 11 is 0. The molecule has 0 saturated carbocycles. The van der Waals surface area contributed by atoms with Gasteiger partial charge in [0.25, 0.3) is 11.3 Å². The van der Waals surface area contributed by atoms with Gasteiger partial charge in [-0.3, -0.25) is 19.6 Å². The molecule has 8 heteroatoms. The molecule has 0 aliphatic carbocycles. The topological polar surface area (TPSA) is 92.6 Å². The highest BCUT2D eigenvalue weighted by Crippen LogP contribution is 2.02. The lowest BCUT2D eigenvalue weighted by Crippen LogP contribution is -2.32. The number of carbonyl (C=O) groups is 1. The lowest BCUT2D eigenvalue weighted by atomic mass is 10.3. The maximum Gasteiger partial charge on any atom is 0.320 e. The third-order valence-electron chi connectivity index (χ3n) is 2.75. The van der Waals surface area contributed by atoms with Gasteiger partial charge in [-0.2, -0.15) is 4.52 Å². The number of hydrogen-bond acceptors (Lipinski definition) is 6. The molecule has 112 valence electrons. The number of aromatic amines is 1. The van der Waals surface area contributed by atoms with Gasteiger partial charge < -0.3 is 4.74 Å². The molecule has 0 bridgehead atoms. The summed E-state index contributed by atoms with van der Waals surface area (Å²) in [4.78, 5) is 33.4. The van der Waals surface area contributed by atoms with Crippen LogP contribution in [0.3, 0.4) is 0 Å². The first kappa shape index (κ1) is 14.9. The van der Waals surface area contributed by atoms with Gasteiger partial charge in [-0.1, -0.05) is 6.08 Å².